The number of halogens is 1. The van der Waals surface area contributed by atoms with Gasteiger partial charge < -0.3 is 9.26 Å². The number of ether oxygens (including phenoxy) is 1. The van der Waals surface area contributed by atoms with E-state index in [2.05, 4.69) is 20.5 Å². The van der Waals surface area contributed by atoms with Crippen molar-refractivity contribution in [2.24, 2.45) is 10.3 Å². The topological polar surface area (TPSA) is 113 Å². The monoisotopic (exact) mass is 464 g/mol. The van der Waals surface area contributed by atoms with Crippen molar-refractivity contribution < 1.29 is 23.2 Å². The van der Waals surface area contributed by atoms with Gasteiger partial charge in [-0.1, -0.05) is 16.4 Å². The van der Waals surface area contributed by atoms with Crippen LogP contribution in [0, 0.1) is 12.7 Å². The predicted molar refractivity (Wildman–Crippen MR) is 117 cm³/mol. The van der Waals surface area contributed by atoms with Crippen molar-refractivity contribution in [2.75, 3.05) is 4.90 Å². The van der Waals surface area contributed by atoms with Crippen molar-refractivity contribution in [3.63, 3.8) is 0 Å². The van der Waals surface area contributed by atoms with Crippen LogP contribution in [0.1, 0.15) is 25.3 Å². The lowest BCUT2D eigenvalue weighted by Crippen LogP contribution is -2.39. The number of hydrogen-bond donors (Lipinski definition) is 0. The highest BCUT2D eigenvalue weighted by atomic mass is 19.1. The van der Waals surface area contributed by atoms with Crippen molar-refractivity contribution in [3.8, 4) is 17.1 Å². The molecule has 0 N–H and O–H groups in total. The Morgan fingerprint density at radius 1 is 1.12 bits per heavy atom. The Bertz CT molecular complexity index is 1290. The highest BCUT2D eigenvalue weighted by Crippen LogP contribution is 2.33. The number of fused-ring (bicyclic) bond motifs is 1. The van der Waals surface area contributed by atoms with E-state index in [-0.39, 0.29) is 24.2 Å². The number of hydrogen-bond acceptors (Lipinski definition) is 9. The van der Waals surface area contributed by atoms with Crippen molar-refractivity contribution in [3.05, 3.63) is 59.7 Å². The third-order valence-electron chi connectivity index (χ3n) is 5.52. The lowest BCUT2D eigenvalue weighted by molar-refractivity contribution is -0.123. The van der Waals surface area contributed by atoms with Gasteiger partial charge in [-0.15, -0.1) is 0 Å². The lowest BCUT2D eigenvalue weighted by atomic mass is 10.1. The second kappa shape index (κ2) is 8.32. The van der Waals surface area contributed by atoms with Crippen LogP contribution < -0.4 is 9.64 Å². The van der Waals surface area contributed by atoms with E-state index >= 15 is 0 Å². The maximum atomic E-state index is 14.0. The standard InChI is InChI=1S/C23H21FN6O4/c1-12(2)33-16-8-5-14(6-9-16)21-25-18(34-27-21)11-29-20-19(26-28-29)22(31)30(23(20)32)15-7-4-13(3)17(24)10-15/h4-10,12,19-20H,11H2,1-3H3/t19-,20-/m1/s1. The zero-order valence-corrected chi connectivity index (χ0v) is 18.7. The summed E-state index contributed by atoms with van der Waals surface area (Å²) < 4.78 is 25.0. The number of carbonyl (C=O) groups is 2. The molecule has 10 nitrogen and oxygen atoms in total. The van der Waals surface area contributed by atoms with Gasteiger partial charge in [-0.05, 0) is 62.7 Å². The van der Waals surface area contributed by atoms with Gasteiger partial charge in [-0.25, -0.2) is 9.29 Å². The highest BCUT2D eigenvalue weighted by Gasteiger charge is 2.55. The molecule has 1 aromatic heterocycles. The fourth-order valence-electron chi connectivity index (χ4n) is 3.86. The third-order valence-corrected chi connectivity index (χ3v) is 5.52. The minimum absolute atomic E-state index is 0.0126. The van der Waals surface area contributed by atoms with Crippen molar-refractivity contribution in [2.45, 2.75) is 45.5 Å². The zero-order chi connectivity index (χ0) is 24.0. The number of aryl methyl sites for hydroxylation is 1. The Morgan fingerprint density at radius 3 is 2.59 bits per heavy atom. The first kappa shape index (κ1) is 21.7. The Balaban J connectivity index is 1.31. The summed E-state index contributed by atoms with van der Waals surface area (Å²) in [6.45, 7) is 5.48. The first-order chi connectivity index (χ1) is 16.3. The molecule has 2 atom stereocenters. The Kier molecular flexibility index (Phi) is 5.31. The molecule has 34 heavy (non-hydrogen) atoms. The van der Waals surface area contributed by atoms with Crippen molar-refractivity contribution in [1.29, 1.82) is 0 Å². The summed E-state index contributed by atoms with van der Waals surface area (Å²) in [6.07, 6.45) is 0.0622. The molecule has 0 spiro atoms. The van der Waals surface area contributed by atoms with Crippen molar-refractivity contribution >= 4 is 17.5 Å². The van der Waals surface area contributed by atoms with Crippen LogP contribution in [0.4, 0.5) is 10.1 Å². The van der Waals surface area contributed by atoms with E-state index in [1.165, 1.54) is 17.1 Å². The minimum Gasteiger partial charge on any atom is -0.491 e. The summed E-state index contributed by atoms with van der Waals surface area (Å²) in [5.41, 5.74) is 1.30. The molecule has 0 saturated carbocycles. The van der Waals surface area contributed by atoms with Gasteiger partial charge >= 0.3 is 0 Å². The van der Waals surface area contributed by atoms with Gasteiger partial charge in [-0.2, -0.15) is 10.1 Å². The van der Waals surface area contributed by atoms with Crippen LogP contribution in [-0.2, 0) is 16.1 Å². The number of anilines is 1. The van der Waals surface area contributed by atoms with Crippen LogP contribution in [-0.4, -0.2) is 45.2 Å². The van der Waals surface area contributed by atoms with E-state index in [0.29, 0.717) is 11.4 Å². The largest absolute Gasteiger partial charge is 0.491 e. The van der Waals surface area contributed by atoms with Gasteiger partial charge in [0.05, 0.1) is 11.8 Å². The predicted octanol–water partition coefficient (Wildman–Crippen LogP) is 3.46. The molecule has 3 heterocycles. The Morgan fingerprint density at radius 2 is 1.88 bits per heavy atom. The molecule has 1 fully saturated rings. The average molecular weight is 464 g/mol. The molecule has 1 saturated heterocycles. The molecular formula is C23H21FN6O4. The second-order valence-electron chi connectivity index (χ2n) is 8.34. The number of carbonyl (C=O) groups excluding carboxylic acids is 2. The summed E-state index contributed by atoms with van der Waals surface area (Å²) in [5.74, 6) is -0.297. The SMILES string of the molecule is Cc1ccc(N2C(=O)[C@@H]3N=NN(Cc4nc(-c5ccc(OC(C)C)cc5)no4)[C@H]3C2=O)cc1F. The number of amides is 2. The molecule has 2 aliphatic rings. The molecule has 0 bridgehead atoms. The van der Waals surface area contributed by atoms with E-state index in [0.717, 1.165) is 22.3 Å². The first-order valence-electron chi connectivity index (χ1n) is 10.7. The summed E-state index contributed by atoms with van der Waals surface area (Å²) in [7, 11) is 0. The first-order valence-corrected chi connectivity index (χ1v) is 10.7. The van der Waals surface area contributed by atoms with E-state index in [1.54, 1.807) is 6.92 Å². The summed E-state index contributed by atoms with van der Waals surface area (Å²) in [6, 6.07) is 9.50. The summed E-state index contributed by atoms with van der Waals surface area (Å²) >= 11 is 0. The van der Waals surface area contributed by atoms with E-state index in [9.17, 15) is 14.0 Å². The third kappa shape index (κ3) is 3.78. The van der Waals surface area contributed by atoms with Crippen LogP contribution in [0.25, 0.3) is 11.4 Å². The lowest BCUT2D eigenvalue weighted by Gasteiger charge is -2.19. The molecule has 2 aliphatic heterocycles. The smallest absolute Gasteiger partial charge is 0.263 e. The van der Waals surface area contributed by atoms with Crippen LogP contribution in [0.5, 0.6) is 5.75 Å². The quantitative estimate of drug-likeness (QED) is 0.513. The molecule has 2 amide bonds. The Labute approximate surface area is 194 Å². The maximum Gasteiger partial charge on any atom is 0.263 e. The summed E-state index contributed by atoms with van der Waals surface area (Å²) in [5, 5.41) is 13.3. The van der Waals surface area contributed by atoms with Crippen LogP contribution in [0.15, 0.2) is 57.3 Å². The molecule has 0 unspecified atom stereocenters. The van der Waals surface area contributed by atoms with Gasteiger partial charge in [0.1, 0.15) is 18.1 Å². The van der Waals surface area contributed by atoms with Gasteiger partial charge in [0.2, 0.25) is 11.7 Å². The van der Waals surface area contributed by atoms with Gasteiger partial charge in [0, 0.05) is 5.56 Å². The van der Waals surface area contributed by atoms with Crippen LogP contribution in [0.2, 0.25) is 0 Å². The molecule has 174 valence electrons. The molecular weight excluding hydrogens is 443 g/mol. The highest BCUT2D eigenvalue weighted by molar-refractivity contribution is 6.25. The average Bonchev–Trinajstić information content (AvgIpc) is 3.49. The molecule has 11 heteroatoms. The van der Waals surface area contributed by atoms with Gasteiger partial charge in [-0.3, -0.25) is 14.6 Å². The molecule has 0 aliphatic carbocycles. The molecule has 2 aromatic carbocycles. The van der Waals surface area contributed by atoms with Gasteiger partial charge in [0.25, 0.3) is 11.8 Å². The van der Waals surface area contributed by atoms with Crippen LogP contribution in [0.3, 0.4) is 0 Å². The fourth-order valence-corrected chi connectivity index (χ4v) is 3.86. The second-order valence-corrected chi connectivity index (χ2v) is 8.34. The molecule has 3 aromatic rings. The number of benzene rings is 2. The van der Waals surface area contributed by atoms with E-state index in [1.807, 2.05) is 38.1 Å². The molecule has 5 rings (SSSR count). The fraction of sp³-hybridized carbons (Fsp3) is 0.304. The number of aromatic nitrogens is 2. The van der Waals surface area contributed by atoms with E-state index < -0.39 is 29.7 Å². The Hall–Kier alpha value is -4.15. The number of nitrogens with zero attached hydrogens (tertiary/aromatic N) is 6. The van der Waals surface area contributed by atoms with Gasteiger partial charge in [0.15, 0.2) is 12.1 Å². The molecule has 0 radical (unpaired) electrons. The van der Waals surface area contributed by atoms with E-state index in [4.69, 9.17) is 9.26 Å². The maximum absolute atomic E-state index is 14.0. The zero-order valence-electron chi connectivity index (χ0n) is 18.7. The van der Waals surface area contributed by atoms with Crippen molar-refractivity contribution in [1.82, 2.24) is 15.1 Å². The minimum atomic E-state index is -1.01. The normalized spacial score (nSPS) is 19.4. The number of rotatable bonds is 6. The summed E-state index contributed by atoms with van der Waals surface area (Å²) in [4.78, 5) is 31.2. The number of imide groups is 1. The van der Waals surface area contributed by atoms with Crippen LogP contribution >= 0.6 is 0 Å².